The molecule has 0 amide bonds. The molecule has 0 aliphatic carbocycles. The number of aliphatic hydroxyl groups excluding tert-OH is 1. The minimum atomic E-state index is -2.78. The smallest absolute Gasteiger partial charge is 0.268 e. The molecule has 1 N–H and O–H groups in total. The summed E-state index contributed by atoms with van der Waals surface area (Å²) in [5.74, 6) is 0.572. The minimum Gasteiger partial charge on any atom is -0.493 e. The summed E-state index contributed by atoms with van der Waals surface area (Å²) in [5.41, 5.74) is 0.167. The molecule has 0 radical (unpaired) electrons. The van der Waals surface area contributed by atoms with Gasteiger partial charge < -0.3 is 9.84 Å². The SMILES string of the molecule is CCOc1ccc(C(O)C(F)F)cc1Br. The van der Waals surface area contributed by atoms with Crippen LogP contribution in [0.1, 0.15) is 18.6 Å². The van der Waals surface area contributed by atoms with Gasteiger partial charge in [-0.2, -0.15) is 0 Å². The molecule has 5 heteroatoms. The lowest BCUT2D eigenvalue weighted by molar-refractivity contribution is -0.00583. The summed E-state index contributed by atoms with van der Waals surface area (Å²) < 4.78 is 30.2. The lowest BCUT2D eigenvalue weighted by Crippen LogP contribution is -2.08. The Morgan fingerprint density at radius 1 is 1.47 bits per heavy atom. The van der Waals surface area contributed by atoms with Crippen molar-refractivity contribution < 1.29 is 18.6 Å². The van der Waals surface area contributed by atoms with E-state index in [0.717, 1.165) is 0 Å². The maximum absolute atomic E-state index is 12.2. The van der Waals surface area contributed by atoms with Gasteiger partial charge in [0.05, 0.1) is 11.1 Å². The van der Waals surface area contributed by atoms with Gasteiger partial charge in [-0.15, -0.1) is 0 Å². The zero-order valence-electron chi connectivity index (χ0n) is 8.08. The van der Waals surface area contributed by atoms with Gasteiger partial charge in [0.2, 0.25) is 0 Å². The van der Waals surface area contributed by atoms with E-state index in [1.54, 1.807) is 6.07 Å². The highest BCUT2D eigenvalue weighted by molar-refractivity contribution is 9.10. The van der Waals surface area contributed by atoms with Crippen molar-refractivity contribution in [2.75, 3.05) is 6.61 Å². The van der Waals surface area contributed by atoms with Crippen molar-refractivity contribution in [2.45, 2.75) is 19.5 Å². The number of rotatable bonds is 4. The van der Waals surface area contributed by atoms with Gasteiger partial charge in [0.25, 0.3) is 6.43 Å². The number of benzene rings is 1. The Labute approximate surface area is 95.0 Å². The molecular formula is C10H11BrF2O2. The molecule has 0 fully saturated rings. The molecule has 0 aliphatic rings. The molecule has 0 spiro atoms. The molecule has 1 rings (SSSR count). The largest absolute Gasteiger partial charge is 0.493 e. The van der Waals surface area contributed by atoms with E-state index >= 15 is 0 Å². The monoisotopic (exact) mass is 280 g/mol. The second-order valence-corrected chi connectivity index (χ2v) is 3.76. The Morgan fingerprint density at radius 2 is 2.13 bits per heavy atom. The molecule has 0 aliphatic heterocycles. The first-order valence-corrected chi connectivity index (χ1v) is 5.24. The molecule has 15 heavy (non-hydrogen) atoms. The lowest BCUT2D eigenvalue weighted by Gasteiger charge is -2.12. The van der Waals surface area contributed by atoms with Crippen LogP contribution in [0.25, 0.3) is 0 Å². The minimum absolute atomic E-state index is 0.167. The molecule has 0 heterocycles. The summed E-state index contributed by atoms with van der Waals surface area (Å²) >= 11 is 3.18. The van der Waals surface area contributed by atoms with Crippen LogP contribution in [-0.2, 0) is 0 Å². The fourth-order valence-electron chi connectivity index (χ4n) is 1.12. The fraction of sp³-hybridized carbons (Fsp3) is 0.400. The van der Waals surface area contributed by atoms with E-state index in [0.29, 0.717) is 16.8 Å². The Hall–Kier alpha value is -0.680. The van der Waals surface area contributed by atoms with Crippen molar-refractivity contribution in [2.24, 2.45) is 0 Å². The molecule has 0 saturated heterocycles. The number of halogens is 3. The molecule has 0 saturated carbocycles. The zero-order chi connectivity index (χ0) is 11.4. The van der Waals surface area contributed by atoms with Gasteiger partial charge in [-0.3, -0.25) is 0 Å². The highest BCUT2D eigenvalue weighted by Gasteiger charge is 2.19. The predicted molar refractivity (Wildman–Crippen MR) is 56.3 cm³/mol. The Kier molecular flexibility index (Phi) is 4.47. The first-order valence-electron chi connectivity index (χ1n) is 4.44. The second-order valence-electron chi connectivity index (χ2n) is 2.90. The van der Waals surface area contributed by atoms with E-state index in [1.165, 1.54) is 12.1 Å². The van der Waals surface area contributed by atoms with Crippen LogP contribution in [0.3, 0.4) is 0 Å². The van der Waals surface area contributed by atoms with Gasteiger partial charge in [-0.25, -0.2) is 8.78 Å². The Bertz CT molecular complexity index is 331. The number of aliphatic hydroxyl groups is 1. The first kappa shape index (κ1) is 12.4. The number of ether oxygens (including phenoxy) is 1. The van der Waals surface area contributed by atoms with Crippen molar-refractivity contribution in [3.8, 4) is 5.75 Å². The summed E-state index contributed by atoms with van der Waals surface area (Å²) in [6.45, 7) is 2.32. The van der Waals surface area contributed by atoms with E-state index in [-0.39, 0.29) is 5.56 Å². The fourth-order valence-corrected chi connectivity index (χ4v) is 1.63. The standard InChI is InChI=1S/C10H11BrF2O2/c1-2-15-8-4-3-6(5-7(8)11)9(14)10(12)13/h3-5,9-10,14H,2H2,1H3. The second kappa shape index (κ2) is 5.42. The number of alkyl halides is 2. The molecule has 84 valence electrons. The zero-order valence-corrected chi connectivity index (χ0v) is 9.67. The molecule has 1 aromatic rings. The highest BCUT2D eigenvalue weighted by Crippen LogP contribution is 2.30. The summed E-state index contributed by atoms with van der Waals surface area (Å²) in [7, 11) is 0. The maximum Gasteiger partial charge on any atom is 0.268 e. The molecule has 1 aromatic carbocycles. The summed E-state index contributed by atoms with van der Waals surface area (Å²) in [4.78, 5) is 0. The number of hydrogen-bond acceptors (Lipinski definition) is 2. The quantitative estimate of drug-likeness (QED) is 0.918. The first-order chi connectivity index (χ1) is 7.06. The summed E-state index contributed by atoms with van der Waals surface area (Å²) in [6, 6.07) is 4.41. The summed E-state index contributed by atoms with van der Waals surface area (Å²) in [5, 5.41) is 9.13. The Balaban J connectivity index is 2.90. The third-order valence-electron chi connectivity index (χ3n) is 1.84. The van der Waals surface area contributed by atoms with E-state index in [2.05, 4.69) is 15.9 Å². The van der Waals surface area contributed by atoms with Gasteiger partial charge in [-0.05, 0) is 40.5 Å². The highest BCUT2D eigenvalue weighted by atomic mass is 79.9. The topological polar surface area (TPSA) is 29.5 Å². The van der Waals surface area contributed by atoms with Crippen LogP contribution in [0.2, 0.25) is 0 Å². The molecular weight excluding hydrogens is 270 g/mol. The molecule has 0 bridgehead atoms. The van der Waals surface area contributed by atoms with Crippen LogP contribution in [0.4, 0.5) is 8.78 Å². The van der Waals surface area contributed by atoms with Crippen LogP contribution in [0.5, 0.6) is 5.75 Å². The summed E-state index contributed by atoms with van der Waals surface area (Å²) in [6.07, 6.45) is -4.54. The molecule has 1 atom stereocenters. The van der Waals surface area contributed by atoms with Crippen LogP contribution in [-0.4, -0.2) is 18.1 Å². The van der Waals surface area contributed by atoms with E-state index in [1.807, 2.05) is 6.92 Å². The van der Waals surface area contributed by atoms with Crippen molar-refractivity contribution in [3.05, 3.63) is 28.2 Å². The average molecular weight is 281 g/mol. The average Bonchev–Trinajstić information content (AvgIpc) is 2.20. The predicted octanol–water partition coefficient (Wildman–Crippen LogP) is 3.15. The Morgan fingerprint density at radius 3 is 2.60 bits per heavy atom. The van der Waals surface area contributed by atoms with Gasteiger partial charge >= 0.3 is 0 Å². The van der Waals surface area contributed by atoms with E-state index < -0.39 is 12.5 Å². The van der Waals surface area contributed by atoms with Crippen molar-refractivity contribution in [3.63, 3.8) is 0 Å². The molecule has 0 aromatic heterocycles. The van der Waals surface area contributed by atoms with Crippen molar-refractivity contribution >= 4 is 15.9 Å². The van der Waals surface area contributed by atoms with Crippen LogP contribution in [0.15, 0.2) is 22.7 Å². The van der Waals surface area contributed by atoms with Crippen LogP contribution < -0.4 is 4.74 Å². The van der Waals surface area contributed by atoms with Crippen LogP contribution >= 0.6 is 15.9 Å². The van der Waals surface area contributed by atoms with E-state index in [4.69, 9.17) is 9.84 Å². The third kappa shape index (κ3) is 3.14. The molecule has 1 unspecified atom stereocenters. The van der Waals surface area contributed by atoms with Gasteiger partial charge in [-0.1, -0.05) is 6.07 Å². The normalized spacial score (nSPS) is 12.9. The van der Waals surface area contributed by atoms with Gasteiger partial charge in [0, 0.05) is 0 Å². The van der Waals surface area contributed by atoms with Crippen LogP contribution in [0, 0.1) is 0 Å². The molecule has 2 nitrogen and oxygen atoms in total. The van der Waals surface area contributed by atoms with Crippen molar-refractivity contribution in [1.82, 2.24) is 0 Å². The van der Waals surface area contributed by atoms with Crippen molar-refractivity contribution in [1.29, 1.82) is 0 Å². The third-order valence-corrected chi connectivity index (χ3v) is 2.46. The number of hydrogen-bond donors (Lipinski definition) is 1. The maximum atomic E-state index is 12.2. The lowest BCUT2D eigenvalue weighted by atomic mass is 10.1. The van der Waals surface area contributed by atoms with Gasteiger partial charge in [0.1, 0.15) is 11.9 Å². The van der Waals surface area contributed by atoms with E-state index in [9.17, 15) is 8.78 Å². The van der Waals surface area contributed by atoms with Gasteiger partial charge in [0.15, 0.2) is 0 Å².